The summed E-state index contributed by atoms with van der Waals surface area (Å²) in [6.07, 6.45) is 4.71. The predicted octanol–water partition coefficient (Wildman–Crippen LogP) is 1.68. The van der Waals surface area contributed by atoms with E-state index in [4.69, 9.17) is 11.6 Å². The minimum Gasteiger partial charge on any atom is -0.275 e. The summed E-state index contributed by atoms with van der Waals surface area (Å²) in [4.78, 5) is 3.95. The van der Waals surface area contributed by atoms with Crippen LogP contribution in [0.4, 0.5) is 0 Å². The number of aryl methyl sites for hydroxylation is 1. The molecule has 108 valence electrons. The van der Waals surface area contributed by atoms with Crippen molar-refractivity contribution in [1.29, 1.82) is 0 Å². The standard InChI is InChI=1S/C12H15ClN4O2S/c1-3-17(9-10-6-15-16(2)8-10)20(18,19)11-4-5-12(13)14-7-11/h4-8H,3,9H2,1-2H3. The molecule has 0 N–H and O–H groups in total. The molecule has 0 saturated carbocycles. The summed E-state index contributed by atoms with van der Waals surface area (Å²) >= 11 is 5.68. The maximum Gasteiger partial charge on any atom is 0.244 e. The Bertz CT molecular complexity index is 682. The summed E-state index contributed by atoms with van der Waals surface area (Å²) in [7, 11) is -1.79. The van der Waals surface area contributed by atoms with Gasteiger partial charge in [0.25, 0.3) is 0 Å². The van der Waals surface area contributed by atoms with Gasteiger partial charge in [0.05, 0.1) is 6.20 Å². The Morgan fingerprint density at radius 1 is 1.35 bits per heavy atom. The van der Waals surface area contributed by atoms with Gasteiger partial charge in [-0.1, -0.05) is 18.5 Å². The molecule has 2 rings (SSSR count). The van der Waals surface area contributed by atoms with Crippen molar-refractivity contribution < 1.29 is 8.42 Å². The van der Waals surface area contributed by atoms with Gasteiger partial charge < -0.3 is 0 Å². The van der Waals surface area contributed by atoms with E-state index in [1.807, 2.05) is 0 Å². The third kappa shape index (κ3) is 3.17. The minimum atomic E-state index is -3.58. The molecule has 0 aliphatic carbocycles. The quantitative estimate of drug-likeness (QED) is 0.787. The van der Waals surface area contributed by atoms with E-state index in [2.05, 4.69) is 10.1 Å². The first-order valence-corrected chi connectivity index (χ1v) is 7.84. The molecular formula is C12H15ClN4O2S. The van der Waals surface area contributed by atoms with Gasteiger partial charge in [-0.15, -0.1) is 0 Å². The molecular weight excluding hydrogens is 300 g/mol. The average Bonchev–Trinajstić information content (AvgIpc) is 2.82. The van der Waals surface area contributed by atoms with Crippen molar-refractivity contribution in [2.75, 3.05) is 6.54 Å². The third-order valence-corrected chi connectivity index (χ3v) is 4.94. The lowest BCUT2D eigenvalue weighted by molar-refractivity contribution is 0.423. The second-order valence-corrected chi connectivity index (χ2v) is 6.60. The van der Waals surface area contributed by atoms with Crippen molar-refractivity contribution in [1.82, 2.24) is 19.1 Å². The van der Waals surface area contributed by atoms with Crippen LogP contribution in [0, 0.1) is 0 Å². The second kappa shape index (κ2) is 5.90. The average molecular weight is 315 g/mol. The number of pyridine rings is 1. The number of hydrogen-bond donors (Lipinski definition) is 0. The number of sulfonamides is 1. The smallest absolute Gasteiger partial charge is 0.244 e. The molecule has 0 radical (unpaired) electrons. The summed E-state index contributed by atoms with van der Waals surface area (Å²) in [5.41, 5.74) is 0.833. The Labute approximate surface area is 123 Å². The van der Waals surface area contributed by atoms with Gasteiger partial charge in [-0.05, 0) is 12.1 Å². The summed E-state index contributed by atoms with van der Waals surface area (Å²) in [5.74, 6) is 0. The molecule has 8 heteroatoms. The Morgan fingerprint density at radius 2 is 2.10 bits per heavy atom. The van der Waals surface area contributed by atoms with Crippen LogP contribution in [0.25, 0.3) is 0 Å². The number of aromatic nitrogens is 3. The topological polar surface area (TPSA) is 68.1 Å². The van der Waals surface area contributed by atoms with Crippen molar-refractivity contribution in [3.8, 4) is 0 Å². The Kier molecular flexibility index (Phi) is 4.42. The van der Waals surface area contributed by atoms with E-state index in [-0.39, 0.29) is 16.6 Å². The second-order valence-electron chi connectivity index (χ2n) is 4.27. The molecule has 0 fully saturated rings. The Morgan fingerprint density at radius 3 is 2.60 bits per heavy atom. The minimum absolute atomic E-state index is 0.132. The molecule has 2 aromatic heterocycles. The van der Waals surface area contributed by atoms with Gasteiger partial charge in [-0.25, -0.2) is 13.4 Å². The summed E-state index contributed by atoms with van der Waals surface area (Å²) in [6.45, 7) is 2.42. The number of halogens is 1. The first-order valence-electron chi connectivity index (χ1n) is 6.02. The lowest BCUT2D eigenvalue weighted by Gasteiger charge is -2.19. The molecule has 2 heterocycles. The van der Waals surface area contributed by atoms with Crippen LogP contribution in [0.5, 0.6) is 0 Å². The predicted molar refractivity (Wildman–Crippen MR) is 75.7 cm³/mol. The zero-order chi connectivity index (χ0) is 14.8. The van der Waals surface area contributed by atoms with Crippen LogP contribution in [0.15, 0.2) is 35.6 Å². The van der Waals surface area contributed by atoms with Crippen molar-refractivity contribution >= 4 is 21.6 Å². The molecule has 20 heavy (non-hydrogen) atoms. The zero-order valence-electron chi connectivity index (χ0n) is 11.2. The summed E-state index contributed by atoms with van der Waals surface area (Å²) < 4.78 is 28.0. The van der Waals surface area contributed by atoms with E-state index in [0.29, 0.717) is 6.54 Å². The molecule has 6 nitrogen and oxygen atoms in total. The van der Waals surface area contributed by atoms with E-state index in [9.17, 15) is 8.42 Å². The van der Waals surface area contributed by atoms with Gasteiger partial charge in [0.15, 0.2) is 0 Å². The van der Waals surface area contributed by atoms with Gasteiger partial charge in [0.2, 0.25) is 10.0 Å². The molecule has 0 aliphatic rings. The number of nitrogens with zero attached hydrogens (tertiary/aromatic N) is 4. The largest absolute Gasteiger partial charge is 0.275 e. The molecule has 0 bridgehead atoms. The van der Waals surface area contributed by atoms with Crippen molar-refractivity contribution in [3.05, 3.63) is 41.4 Å². The molecule has 0 aromatic carbocycles. The number of hydrogen-bond acceptors (Lipinski definition) is 4. The zero-order valence-corrected chi connectivity index (χ0v) is 12.8. The first kappa shape index (κ1) is 15.0. The molecule has 2 aromatic rings. The molecule has 0 aliphatic heterocycles. The normalized spacial score (nSPS) is 12.0. The molecule has 0 spiro atoms. The monoisotopic (exact) mass is 314 g/mol. The lowest BCUT2D eigenvalue weighted by Crippen LogP contribution is -2.30. The third-order valence-electron chi connectivity index (χ3n) is 2.81. The van der Waals surface area contributed by atoms with Gasteiger partial charge in [0.1, 0.15) is 10.0 Å². The summed E-state index contributed by atoms with van der Waals surface area (Å²) in [5, 5.41) is 4.30. The van der Waals surface area contributed by atoms with Crippen LogP contribution in [-0.2, 0) is 23.6 Å². The van der Waals surface area contributed by atoms with E-state index in [1.165, 1.54) is 22.6 Å². The highest BCUT2D eigenvalue weighted by molar-refractivity contribution is 7.89. The Balaban J connectivity index is 2.27. The highest BCUT2D eigenvalue weighted by Gasteiger charge is 2.23. The van der Waals surface area contributed by atoms with Crippen LogP contribution < -0.4 is 0 Å². The molecule has 0 atom stereocenters. The van der Waals surface area contributed by atoms with Crippen molar-refractivity contribution in [3.63, 3.8) is 0 Å². The van der Waals surface area contributed by atoms with Crippen molar-refractivity contribution in [2.24, 2.45) is 7.05 Å². The molecule has 0 amide bonds. The fourth-order valence-corrected chi connectivity index (χ4v) is 3.28. The molecule has 0 saturated heterocycles. The van der Waals surface area contributed by atoms with E-state index < -0.39 is 10.0 Å². The Hall–Kier alpha value is -1.44. The number of rotatable bonds is 5. The summed E-state index contributed by atoms with van der Waals surface area (Å²) in [6, 6.07) is 2.92. The van der Waals surface area contributed by atoms with Crippen LogP contribution >= 0.6 is 11.6 Å². The van der Waals surface area contributed by atoms with Gasteiger partial charge in [-0.2, -0.15) is 9.40 Å². The van der Waals surface area contributed by atoms with Crippen LogP contribution in [0.3, 0.4) is 0 Å². The SMILES string of the molecule is CCN(Cc1cnn(C)c1)S(=O)(=O)c1ccc(Cl)nc1. The fourth-order valence-electron chi connectivity index (χ4n) is 1.79. The van der Waals surface area contributed by atoms with Crippen LogP contribution in [-0.4, -0.2) is 34.0 Å². The van der Waals surface area contributed by atoms with E-state index in [1.54, 1.807) is 31.0 Å². The highest BCUT2D eigenvalue weighted by atomic mass is 35.5. The van der Waals surface area contributed by atoms with Crippen LogP contribution in [0.1, 0.15) is 12.5 Å². The molecule has 0 unspecified atom stereocenters. The van der Waals surface area contributed by atoms with Gasteiger partial charge >= 0.3 is 0 Å². The van der Waals surface area contributed by atoms with E-state index in [0.717, 1.165) is 5.56 Å². The fraction of sp³-hybridized carbons (Fsp3) is 0.333. The van der Waals surface area contributed by atoms with Gasteiger partial charge in [0, 0.05) is 38.1 Å². The maximum atomic E-state index is 12.5. The first-order chi connectivity index (χ1) is 9.43. The van der Waals surface area contributed by atoms with E-state index >= 15 is 0 Å². The maximum absolute atomic E-state index is 12.5. The highest BCUT2D eigenvalue weighted by Crippen LogP contribution is 2.18. The van der Waals surface area contributed by atoms with Crippen molar-refractivity contribution in [2.45, 2.75) is 18.4 Å². The van der Waals surface area contributed by atoms with Gasteiger partial charge in [-0.3, -0.25) is 4.68 Å². The lowest BCUT2D eigenvalue weighted by atomic mass is 10.3. The van der Waals surface area contributed by atoms with Crippen LogP contribution in [0.2, 0.25) is 5.15 Å².